The number of hydrogen-bond donors (Lipinski definition) is 5. The number of terminal acetylenes is 4. The molecular formula is C38H58BrF6NaO14Si2. The number of carbonyl (C=O) groups excluding carboxylic acids is 3. The van der Waals surface area contributed by atoms with Crippen LogP contribution in [0.4, 0.5) is 26.3 Å². The minimum absolute atomic E-state index is 0. The van der Waals surface area contributed by atoms with Gasteiger partial charge in [0.05, 0.1) is 12.2 Å². The van der Waals surface area contributed by atoms with E-state index in [0.717, 1.165) is 0 Å². The number of rotatable bonds is 5. The van der Waals surface area contributed by atoms with Crippen molar-refractivity contribution in [3.05, 3.63) is 0 Å². The molecule has 0 unspecified atom stereocenters. The van der Waals surface area contributed by atoms with Gasteiger partial charge in [0, 0.05) is 6.42 Å². The molecule has 0 heterocycles. The van der Waals surface area contributed by atoms with Gasteiger partial charge in [0.2, 0.25) is 0 Å². The number of aliphatic hydroxyl groups is 2. The van der Waals surface area contributed by atoms with Crippen molar-refractivity contribution in [1.29, 1.82) is 0 Å². The molecule has 0 atom stereocenters. The SMILES string of the molecule is C#CCC(=O)O.C#CCC(=O)OC(C)(C)C.C#CCCO.C#C[Si](C)(C)C.CC(C)(C)O.C[Si](C)(C)C#CCC(=O)O.O=C(O)CBr.O=C(OC(=O)C(F)(F)F)C(F)(F)F.[Na+].[OH-]. The van der Waals surface area contributed by atoms with Crippen LogP contribution in [0.15, 0.2) is 0 Å². The van der Waals surface area contributed by atoms with Crippen molar-refractivity contribution in [2.75, 3.05) is 11.9 Å². The number of halogens is 7. The van der Waals surface area contributed by atoms with Gasteiger partial charge in [0.15, 0.2) is 0 Å². The van der Waals surface area contributed by atoms with Crippen LogP contribution < -0.4 is 29.6 Å². The van der Waals surface area contributed by atoms with Gasteiger partial charge >= 0.3 is 77.7 Å². The van der Waals surface area contributed by atoms with Crippen molar-refractivity contribution in [2.45, 2.75) is 130 Å². The Morgan fingerprint density at radius 1 is 0.645 bits per heavy atom. The summed E-state index contributed by atoms with van der Waals surface area (Å²) in [6, 6.07) is 0. The second kappa shape index (κ2) is 43.8. The summed E-state index contributed by atoms with van der Waals surface area (Å²) in [5.41, 5.74) is 4.78. The maximum Gasteiger partial charge on any atom is 1.00 e. The van der Waals surface area contributed by atoms with Crippen molar-refractivity contribution in [1.82, 2.24) is 0 Å². The average molecular weight is 1010 g/mol. The van der Waals surface area contributed by atoms with Crippen LogP contribution in [0.2, 0.25) is 39.3 Å². The molecule has 0 saturated carbocycles. The van der Waals surface area contributed by atoms with Crippen LogP contribution in [0.25, 0.3) is 0 Å². The minimum atomic E-state index is -5.62. The Balaban J connectivity index is -0.0000000637. The molecule has 0 amide bonds. The number of alkyl halides is 7. The van der Waals surface area contributed by atoms with Crippen LogP contribution >= 0.6 is 15.9 Å². The van der Waals surface area contributed by atoms with E-state index in [-0.39, 0.29) is 72.2 Å². The molecule has 0 saturated heterocycles. The van der Waals surface area contributed by atoms with E-state index in [2.05, 4.69) is 95.2 Å². The Morgan fingerprint density at radius 2 is 0.952 bits per heavy atom. The van der Waals surface area contributed by atoms with Crippen LogP contribution in [0.1, 0.15) is 67.2 Å². The number of carbonyl (C=O) groups is 6. The smallest absolute Gasteiger partial charge is 0.870 e. The summed E-state index contributed by atoms with van der Waals surface area (Å²) in [7, 11) is -2.45. The molecule has 0 radical (unpaired) electrons. The molecule has 0 aromatic heterocycles. The normalized spacial score (nSPS) is 9.56. The molecular weight excluding hydrogens is 953 g/mol. The molecule has 6 N–H and O–H groups in total. The van der Waals surface area contributed by atoms with Crippen molar-refractivity contribution < 1.29 is 125 Å². The van der Waals surface area contributed by atoms with Gasteiger partial charge < -0.3 is 40.5 Å². The van der Waals surface area contributed by atoms with E-state index in [1.807, 2.05) is 5.92 Å². The molecule has 0 bridgehead atoms. The third-order valence-corrected chi connectivity index (χ3v) is 5.35. The zero-order valence-electron chi connectivity index (χ0n) is 37.1. The molecule has 352 valence electrons. The summed E-state index contributed by atoms with van der Waals surface area (Å²) in [4.78, 5) is 58.8. The average Bonchev–Trinajstić information content (AvgIpc) is 2.99. The molecule has 0 spiro atoms. The van der Waals surface area contributed by atoms with Crippen LogP contribution in [0.3, 0.4) is 0 Å². The molecule has 0 aliphatic heterocycles. The first-order valence-electron chi connectivity index (χ1n) is 16.4. The van der Waals surface area contributed by atoms with Gasteiger partial charge in [0.1, 0.15) is 46.3 Å². The molecule has 62 heavy (non-hydrogen) atoms. The molecule has 14 nitrogen and oxygen atoms in total. The minimum Gasteiger partial charge on any atom is -0.870 e. The summed E-state index contributed by atoms with van der Waals surface area (Å²) in [6.45, 7) is 23.5. The Bertz CT molecular complexity index is 1480. The Morgan fingerprint density at radius 3 is 1.08 bits per heavy atom. The van der Waals surface area contributed by atoms with E-state index in [9.17, 15) is 55.1 Å². The van der Waals surface area contributed by atoms with Crippen molar-refractivity contribution in [2.24, 2.45) is 0 Å². The number of ether oxygens (including phenoxy) is 2. The molecule has 0 fully saturated rings. The van der Waals surface area contributed by atoms with Gasteiger partial charge in [-0.25, -0.2) is 9.59 Å². The zero-order chi connectivity index (χ0) is 50.4. The summed E-state index contributed by atoms with van der Waals surface area (Å²) < 4.78 is 74.6. The fraction of sp³-hybridized carbons (Fsp3) is 0.579. The predicted molar refractivity (Wildman–Crippen MR) is 225 cm³/mol. The molecule has 24 heteroatoms. The van der Waals surface area contributed by atoms with Gasteiger partial charge in [-0.3, -0.25) is 19.2 Å². The van der Waals surface area contributed by atoms with Crippen molar-refractivity contribution in [3.8, 4) is 60.5 Å². The van der Waals surface area contributed by atoms with E-state index in [4.69, 9.17) is 49.5 Å². The van der Waals surface area contributed by atoms with E-state index in [1.165, 1.54) is 0 Å². The van der Waals surface area contributed by atoms with Crippen molar-refractivity contribution in [3.63, 3.8) is 0 Å². The van der Waals surface area contributed by atoms with Gasteiger partial charge in [-0.1, -0.05) is 73.0 Å². The number of carboxylic acid groups (broad SMARTS) is 3. The fourth-order valence-corrected chi connectivity index (χ4v) is 1.82. The van der Waals surface area contributed by atoms with Gasteiger partial charge in [-0.05, 0) is 41.5 Å². The third-order valence-electron chi connectivity index (χ3n) is 3.07. The fourth-order valence-electron chi connectivity index (χ4n) is 1.20. The van der Waals surface area contributed by atoms with Crippen LogP contribution in [0, 0.1) is 60.5 Å². The van der Waals surface area contributed by atoms with E-state index in [1.54, 1.807) is 41.5 Å². The largest absolute Gasteiger partial charge is 1.00 e. The molecule has 0 aromatic carbocycles. The maximum atomic E-state index is 11.2. The van der Waals surface area contributed by atoms with Crippen LogP contribution in [0.5, 0.6) is 0 Å². The van der Waals surface area contributed by atoms with Gasteiger partial charge in [-0.15, -0.1) is 42.7 Å². The topological polar surface area (TPSA) is 252 Å². The van der Waals surface area contributed by atoms with E-state index < -0.39 is 69.5 Å². The predicted octanol–water partition coefficient (Wildman–Crippen LogP) is 3.54. The molecule has 0 aliphatic carbocycles. The number of esters is 3. The Labute approximate surface area is 393 Å². The second-order valence-electron chi connectivity index (χ2n) is 14.3. The Kier molecular flexibility index (Phi) is 57.9. The maximum absolute atomic E-state index is 11.2. The number of aliphatic hydroxyl groups excluding tert-OH is 1. The molecule has 0 aliphatic rings. The van der Waals surface area contributed by atoms with Gasteiger partial charge in [-0.2, -0.15) is 26.3 Å². The zero-order valence-corrected chi connectivity index (χ0v) is 42.7. The molecule has 0 aromatic rings. The summed E-state index contributed by atoms with van der Waals surface area (Å²) >= 11 is 2.71. The van der Waals surface area contributed by atoms with E-state index in [0.29, 0.717) is 6.42 Å². The van der Waals surface area contributed by atoms with Crippen LogP contribution in [-0.4, -0.2) is 118 Å². The number of hydrogen-bond acceptors (Lipinski definition) is 11. The first kappa shape index (κ1) is 82.0. The van der Waals surface area contributed by atoms with Crippen LogP contribution in [-0.2, 0) is 38.2 Å². The first-order chi connectivity index (χ1) is 26.4. The third kappa shape index (κ3) is 124. The quantitative estimate of drug-likeness (QED) is 0.0660. The van der Waals surface area contributed by atoms with Crippen molar-refractivity contribution >= 4 is 67.9 Å². The second-order valence-corrected chi connectivity index (χ2v) is 24.4. The summed E-state index contributed by atoms with van der Waals surface area (Å²) in [5, 5.41) is 40.1. The summed E-state index contributed by atoms with van der Waals surface area (Å²) in [6.07, 6.45) is 8.42. The standard InChI is InChI=1S/C8H12O2.C7H12O2Si.C5H10Si.C4F6O3.C4H4O2.C4H10O.C4H6O.C2H3BrO2.Na.H2O/c1-5-6-7(9)10-8(2,3)4;1-10(2,3)6-4-5-7(8)9;1-5-6(2,3)4;5-3(6,7)1(11)13-2(12)4(8,9)10;1-2-3-4(5)6;1-4(2,3)5;1-2-3-4-5;3-1-2(4)5;;/h1H,6H2,2-4H3;5H2,1-3H3,(H,8,9);1H,2-4H3;;1H,3H2,(H,5,6);5H,1-3H3;1,5H,3-4H2;1H2,(H,4,5);;1H2/q;;;;;;;;+1;/p-1. The Hall–Kier alpha value is -3.81. The number of carboxylic acids is 3. The van der Waals surface area contributed by atoms with E-state index >= 15 is 0 Å². The van der Waals surface area contributed by atoms with Gasteiger partial charge in [0.25, 0.3) is 0 Å². The first-order valence-corrected chi connectivity index (χ1v) is 24.5. The number of aliphatic carboxylic acids is 3. The summed E-state index contributed by atoms with van der Waals surface area (Å²) in [5.74, 6) is -0.266. The molecule has 0 rings (SSSR count). The monoisotopic (exact) mass is 1010 g/mol.